The summed E-state index contributed by atoms with van der Waals surface area (Å²) >= 11 is 24.7. The molecule has 0 aliphatic rings. The van der Waals surface area contributed by atoms with Crippen LogP contribution in [0, 0.1) is 0 Å². The Morgan fingerprint density at radius 1 is 0.472 bits per heavy atom. The maximum Gasteiger partial charge on any atom is 0.318 e. The number of methoxy groups -OCH3 is 3. The molecule has 6 aromatic carbocycles. The van der Waals surface area contributed by atoms with Crippen LogP contribution in [0.1, 0.15) is 30.5 Å². The summed E-state index contributed by atoms with van der Waals surface area (Å²) in [5.41, 5.74) is 23.9. The summed E-state index contributed by atoms with van der Waals surface area (Å²) in [5.74, 6) is 0.205. The first kappa shape index (κ1) is 68.3. The molecule has 0 atom stereocenters. The molecule has 9 N–H and O–H groups in total. The molecular weight excluding hydrogens is 1290 g/mol. The molecule has 0 fully saturated rings. The van der Waals surface area contributed by atoms with Gasteiger partial charge in [-0.25, -0.2) is 40.2 Å². The molecular formula is C59H60Cl4N12O11S3. The monoisotopic (exact) mass is 1350 g/mol. The van der Waals surface area contributed by atoms with Crippen LogP contribution in [0.25, 0.3) is 32.3 Å². The number of hydrogen-bond acceptors (Lipinski definition) is 15. The van der Waals surface area contributed by atoms with Gasteiger partial charge in [-0.3, -0.25) is 4.79 Å². The maximum absolute atomic E-state index is 13.4. The average molecular weight is 1350 g/mol. The first-order valence-corrected chi connectivity index (χ1v) is 32.3. The lowest BCUT2D eigenvalue weighted by molar-refractivity contribution is -0.137. The Morgan fingerprint density at radius 3 is 1.12 bits per heavy atom. The number of guanidine groups is 2. The number of aromatic nitrogens is 3. The summed E-state index contributed by atoms with van der Waals surface area (Å²) in [4.78, 5) is 31.6. The number of halogens is 4. The minimum Gasteiger partial charge on any atom is -0.496 e. The van der Waals surface area contributed by atoms with Crippen molar-refractivity contribution in [3.63, 3.8) is 0 Å². The molecule has 0 radical (unpaired) electrons. The number of pyridine rings is 3. The average Bonchev–Trinajstić information content (AvgIpc) is 0.980. The third-order valence-electron chi connectivity index (χ3n) is 13.4. The molecule has 0 spiro atoms. The number of aliphatic carboxylic acids is 1. The number of nitrogens with zero attached hydrogens (tertiary/aromatic N) is 8. The Kier molecular flexibility index (Phi) is 23.0. The number of hydrogen-bond donors (Lipinski definition) is 5. The van der Waals surface area contributed by atoms with E-state index in [1.807, 2.05) is 36.4 Å². The van der Waals surface area contributed by atoms with Gasteiger partial charge in [0.15, 0.2) is 23.6 Å². The predicted molar refractivity (Wildman–Crippen MR) is 347 cm³/mol. The molecule has 0 aliphatic carbocycles. The summed E-state index contributed by atoms with van der Waals surface area (Å²) in [6.07, 6.45) is 4.21. The van der Waals surface area contributed by atoms with Crippen molar-refractivity contribution in [3.05, 3.63) is 183 Å². The van der Waals surface area contributed by atoms with E-state index >= 15 is 0 Å². The Hall–Kier alpha value is -8.15. The van der Waals surface area contributed by atoms with Crippen molar-refractivity contribution in [2.45, 2.75) is 48.2 Å². The number of para-hydroxylation sites is 3. The fourth-order valence-electron chi connectivity index (χ4n) is 9.03. The van der Waals surface area contributed by atoms with Gasteiger partial charge in [0, 0.05) is 100 Å². The molecule has 0 aliphatic heterocycles. The first-order valence-electron chi connectivity index (χ1n) is 26.5. The van der Waals surface area contributed by atoms with Gasteiger partial charge in [-0.05, 0) is 54.6 Å². The number of aliphatic imine (C=N–C) groups is 2. The highest BCUT2D eigenvalue weighted by Crippen LogP contribution is 2.36. The number of rotatable bonds is 21. The van der Waals surface area contributed by atoms with Crippen molar-refractivity contribution >= 4 is 138 Å². The normalized spacial score (nSPS) is 11.6. The second-order valence-corrected chi connectivity index (χ2v) is 26.3. The lowest BCUT2D eigenvalue weighted by Crippen LogP contribution is -2.35. The van der Waals surface area contributed by atoms with Crippen LogP contribution in [-0.2, 0) is 54.5 Å². The van der Waals surface area contributed by atoms with Crippen LogP contribution in [0.2, 0.25) is 20.2 Å². The molecule has 0 unspecified atom stereocenters. The Labute approximate surface area is 534 Å². The number of carboxylic acid groups (broad SMARTS) is 1. The van der Waals surface area contributed by atoms with E-state index in [0.717, 1.165) is 15.4 Å². The van der Waals surface area contributed by atoms with E-state index in [1.54, 1.807) is 76.6 Å². The number of carboxylic acids is 1. The third kappa shape index (κ3) is 16.2. The van der Waals surface area contributed by atoms with Gasteiger partial charge in [0.2, 0.25) is 30.1 Å². The van der Waals surface area contributed by atoms with Crippen molar-refractivity contribution < 1.29 is 49.4 Å². The third-order valence-corrected chi connectivity index (χ3v) is 20.2. The van der Waals surface area contributed by atoms with Crippen LogP contribution in [0.3, 0.4) is 0 Å². The zero-order valence-electron chi connectivity index (χ0n) is 48.3. The van der Waals surface area contributed by atoms with Crippen LogP contribution in [0.15, 0.2) is 171 Å². The van der Waals surface area contributed by atoms with Crippen LogP contribution in [0.4, 0.5) is 11.6 Å². The van der Waals surface area contributed by atoms with Crippen molar-refractivity contribution in [1.82, 2.24) is 27.9 Å². The SMILES string of the molecule is CCN(Cc1ccccc1OC)S(=O)(=O)c1ccc2c(Cl)cnc(Cl)c2c1.CCN(Cc1ccccc1OC)S(=O)(=O)c1ccc2c(Cl)cnc(N=C(N)N)c2c1.COc1ccccc1CN(CC(=O)O)S(=O)(=O)c1ccc2c(Cl)cnc(N=C(N)N)c2c1. The Balaban J connectivity index is 0.000000191. The van der Waals surface area contributed by atoms with Gasteiger partial charge in [-0.15, -0.1) is 0 Å². The largest absolute Gasteiger partial charge is 0.496 e. The first-order chi connectivity index (χ1) is 42.3. The van der Waals surface area contributed by atoms with E-state index in [2.05, 4.69) is 24.9 Å². The smallest absolute Gasteiger partial charge is 0.318 e. The van der Waals surface area contributed by atoms with Crippen LogP contribution in [-0.4, -0.2) is 117 Å². The van der Waals surface area contributed by atoms with Gasteiger partial charge >= 0.3 is 5.97 Å². The highest BCUT2D eigenvalue weighted by molar-refractivity contribution is 7.89. The second kappa shape index (κ2) is 29.9. The molecule has 23 nitrogen and oxygen atoms in total. The fraction of sp³-hybridized carbons (Fsp3) is 0.186. The van der Waals surface area contributed by atoms with Gasteiger partial charge in [0.05, 0.1) is 51.1 Å². The molecule has 0 bridgehead atoms. The van der Waals surface area contributed by atoms with E-state index in [0.29, 0.717) is 71.7 Å². The molecule has 0 saturated heterocycles. The summed E-state index contributed by atoms with van der Waals surface area (Å²) in [6.45, 7) is 3.53. The van der Waals surface area contributed by atoms with Crippen molar-refractivity contribution in [1.29, 1.82) is 0 Å². The molecule has 89 heavy (non-hydrogen) atoms. The van der Waals surface area contributed by atoms with Crippen LogP contribution < -0.4 is 37.1 Å². The quantitative estimate of drug-likeness (QED) is 0.0254. The van der Waals surface area contributed by atoms with Crippen LogP contribution in [0.5, 0.6) is 17.2 Å². The highest BCUT2D eigenvalue weighted by atomic mass is 35.5. The van der Waals surface area contributed by atoms with E-state index in [9.17, 15) is 35.2 Å². The van der Waals surface area contributed by atoms with E-state index < -0.39 is 42.6 Å². The Morgan fingerprint density at radius 2 is 0.787 bits per heavy atom. The minimum atomic E-state index is -4.25. The summed E-state index contributed by atoms with van der Waals surface area (Å²) in [6, 6.07) is 34.8. The fourth-order valence-corrected chi connectivity index (χ4v) is 14.2. The molecule has 30 heteroatoms. The number of fused-ring (bicyclic) bond motifs is 3. The van der Waals surface area contributed by atoms with Gasteiger partial charge in [0.1, 0.15) is 28.9 Å². The zero-order chi connectivity index (χ0) is 65.0. The van der Waals surface area contributed by atoms with Crippen molar-refractivity contribution in [3.8, 4) is 17.2 Å². The molecule has 3 aromatic heterocycles. The van der Waals surface area contributed by atoms with Crippen LogP contribution >= 0.6 is 46.4 Å². The van der Waals surface area contributed by atoms with E-state index in [-0.39, 0.29) is 74.6 Å². The number of carbonyl (C=O) groups is 1. The highest BCUT2D eigenvalue weighted by Gasteiger charge is 2.30. The predicted octanol–water partition coefficient (Wildman–Crippen LogP) is 9.85. The number of ether oxygens (including phenoxy) is 3. The van der Waals surface area contributed by atoms with Crippen molar-refractivity contribution in [2.24, 2.45) is 32.9 Å². The van der Waals surface area contributed by atoms with E-state index in [1.165, 1.54) is 76.8 Å². The summed E-state index contributed by atoms with van der Waals surface area (Å²) < 4.78 is 99.5. The van der Waals surface area contributed by atoms with Gasteiger partial charge < -0.3 is 42.3 Å². The lowest BCUT2D eigenvalue weighted by Gasteiger charge is -2.22. The molecule has 468 valence electrons. The minimum absolute atomic E-state index is 0.0796. The van der Waals surface area contributed by atoms with Gasteiger partial charge in [-0.1, -0.05) is 133 Å². The number of benzene rings is 6. The molecule has 0 saturated carbocycles. The second-order valence-electron chi connectivity index (χ2n) is 18.9. The zero-order valence-corrected chi connectivity index (χ0v) is 53.7. The van der Waals surface area contributed by atoms with E-state index in [4.69, 9.17) is 83.5 Å². The molecule has 9 aromatic rings. The molecule has 3 heterocycles. The Bertz CT molecular complexity index is 4510. The lowest BCUT2D eigenvalue weighted by atomic mass is 10.1. The van der Waals surface area contributed by atoms with Gasteiger partial charge in [0.25, 0.3) is 0 Å². The standard InChI is InChI=1S/C20H20ClN5O5S.C20H22ClN5O3S.C19H18Cl2N2O3S/c1-31-17-5-3-2-4-12(17)10-26(11-18(27)28)32(29,30)13-6-7-14-15(8-13)19(25-20(22)23)24-9-16(14)21;1-3-26(12-13-6-4-5-7-18(13)29-2)30(27,28)14-8-9-15-16(10-14)19(25-20(22)23)24-11-17(15)21;1-3-23(12-13-6-4-5-7-18(13)26-2)27(24,25)14-8-9-15-16(10-14)19(21)22-11-17(15)20/h2-9H,10-11H2,1H3,(H,27,28)(H4,22,23,24,25);4-11H,3,12H2,1-2H3,(H4,22,23,24,25);4-11H,3,12H2,1-2H3. The van der Waals surface area contributed by atoms with Gasteiger partial charge in [-0.2, -0.15) is 22.9 Å². The molecule has 0 amide bonds. The molecule has 9 rings (SSSR count). The summed E-state index contributed by atoms with van der Waals surface area (Å²) in [5, 5.41) is 13.6. The maximum atomic E-state index is 13.4. The topological polar surface area (TPSA) is 345 Å². The number of sulfonamides is 3. The number of nitrogens with two attached hydrogens (primary N) is 4. The van der Waals surface area contributed by atoms with Crippen molar-refractivity contribution in [2.75, 3.05) is 41.0 Å². The summed E-state index contributed by atoms with van der Waals surface area (Å²) in [7, 11) is -7.27.